The second kappa shape index (κ2) is 7.67. The van der Waals surface area contributed by atoms with Crippen molar-refractivity contribution in [3.05, 3.63) is 0 Å². The lowest BCUT2D eigenvalue weighted by Crippen LogP contribution is -2.50. The van der Waals surface area contributed by atoms with Crippen LogP contribution in [-0.4, -0.2) is 61.0 Å². The van der Waals surface area contributed by atoms with E-state index in [0.29, 0.717) is 12.6 Å². The van der Waals surface area contributed by atoms with E-state index in [0.717, 1.165) is 32.7 Å². The third-order valence-corrected chi connectivity index (χ3v) is 3.65. The number of hydrogen-bond donors (Lipinski definition) is 1. The van der Waals surface area contributed by atoms with Crippen molar-refractivity contribution in [2.75, 3.05) is 39.3 Å². The smallest absolute Gasteiger partial charge is 0.236 e. The van der Waals surface area contributed by atoms with Gasteiger partial charge in [0.05, 0.1) is 6.54 Å². The second-order valence-electron chi connectivity index (χ2n) is 4.63. The van der Waals surface area contributed by atoms with Crippen molar-refractivity contribution >= 4 is 5.91 Å². The average Bonchev–Trinajstić information content (AvgIpc) is 2.38. The van der Waals surface area contributed by atoms with Gasteiger partial charge in [0.1, 0.15) is 0 Å². The molecule has 1 aliphatic heterocycles. The number of hydrogen-bond acceptors (Lipinski definition) is 3. The quantitative estimate of drug-likeness (QED) is 0.751. The number of amides is 1. The van der Waals surface area contributed by atoms with Crippen LogP contribution in [0.25, 0.3) is 0 Å². The summed E-state index contributed by atoms with van der Waals surface area (Å²) in [5.74, 6) is 0.266. The van der Waals surface area contributed by atoms with Gasteiger partial charge in [-0.05, 0) is 39.8 Å². The number of likely N-dealkylation sites (N-methyl/N-ethyl adjacent to an activating group) is 2. The van der Waals surface area contributed by atoms with Gasteiger partial charge in [-0.25, -0.2) is 0 Å². The minimum atomic E-state index is 0.266. The van der Waals surface area contributed by atoms with Gasteiger partial charge >= 0.3 is 0 Å². The number of carbonyl (C=O) groups is 1. The third kappa shape index (κ3) is 4.28. The molecule has 1 aliphatic rings. The van der Waals surface area contributed by atoms with Gasteiger partial charge in [-0.15, -0.1) is 0 Å². The van der Waals surface area contributed by atoms with E-state index in [4.69, 9.17) is 0 Å². The standard InChI is InChI=1S/C13H27N3O/c1-4-15(5-2)13(17)11-16(6-3)12-8-7-9-14-10-12/h12,14H,4-11H2,1-3H3. The monoisotopic (exact) mass is 241 g/mol. The Morgan fingerprint density at radius 3 is 2.41 bits per heavy atom. The maximum atomic E-state index is 12.1. The Hall–Kier alpha value is -0.610. The van der Waals surface area contributed by atoms with E-state index in [9.17, 15) is 4.79 Å². The number of nitrogens with zero attached hydrogens (tertiary/aromatic N) is 2. The molecule has 100 valence electrons. The van der Waals surface area contributed by atoms with Crippen LogP contribution in [0.15, 0.2) is 0 Å². The average molecular weight is 241 g/mol. The molecule has 0 bridgehead atoms. The van der Waals surface area contributed by atoms with Crippen LogP contribution in [-0.2, 0) is 4.79 Å². The highest BCUT2D eigenvalue weighted by atomic mass is 16.2. The molecule has 1 fully saturated rings. The highest BCUT2D eigenvalue weighted by molar-refractivity contribution is 5.78. The Kier molecular flexibility index (Phi) is 6.52. The number of piperidine rings is 1. The molecule has 1 rings (SSSR count). The Labute approximate surface area is 105 Å². The minimum absolute atomic E-state index is 0.266. The van der Waals surface area contributed by atoms with Crippen molar-refractivity contribution in [1.29, 1.82) is 0 Å². The summed E-state index contributed by atoms with van der Waals surface area (Å²) in [7, 11) is 0. The first kappa shape index (κ1) is 14.5. The molecule has 4 nitrogen and oxygen atoms in total. The Balaban J connectivity index is 2.47. The molecule has 0 aromatic carbocycles. The molecule has 1 atom stereocenters. The zero-order valence-corrected chi connectivity index (χ0v) is 11.5. The number of nitrogens with one attached hydrogen (secondary N) is 1. The largest absolute Gasteiger partial charge is 0.342 e. The van der Waals surface area contributed by atoms with Gasteiger partial charge < -0.3 is 10.2 Å². The first-order valence-electron chi connectivity index (χ1n) is 6.95. The number of rotatable bonds is 6. The minimum Gasteiger partial charge on any atom is -0.342 e. The fourth-order valence-corrected chi connectivity index (χ4v) is 2.49. The van der Waals surface area contributed by atoms with Crippen LogP contribution in [0.5, 0.6) is 0 Å². The second-order valence-corrected chi connectivity index (χ2v) is 4.63. The van der Waals surface area contributed by atoms with E-state index in [1.807, 2.05) is 18.7 Å². The normalized spacial score (nSPS) is 20.6. The zero-order chi connectivity index (χ0) is 12.7. The summed E-state index contributed by atoms with van der Waals surface area (Å²) in [6, 6.07) is 0.535. The van der Waals surface area contributed by atoms with Gasteiger partial charge in [0.15, 0.2) is 0 Å². The van der Waals surface area contributed by atoms with Crippen molar-refractivity contribution in [2.24, 2.45) is 0 Å². The van der Waals surface area contributed by atoms with E-state index in [1.54, 1.807) is 0 Å². The molecule has 1 saturated heterocycles. The summed E-state index contributed by atoms with van der Waals surface area (Å²) >= 11 is 0. The summed E-state index contributed by atoms with van der Waals surface area (Å²) in [6.07, 6.45) is 2.44. The van der Waals surface area contributed by atoms with E-state index in [2.05, 4.69) is 17.1 Å². The molecule has 1 unspecified atom stereocenters. The molecule has 1 heterocycles. The maximum Gasteiger partial charge on any atom is 0.236 e. The molecule has 0 aromatic rings. The molecule has 1 amide bonds. The van der Waals surface area contributed by atoms with Crippen molar-refractivity contribution in [3.8, 4) is 0 Å². The van der Waals surface area contributed by atoms with Crippen LogP contribution < -0.4 is 5.32 Å². The van der Waals surface area contributed by atoms with Crippen molar-refractivity contribution in [2.45, 2.75) is 39.7 Å². The predicted molar refractivity (Wildman–Crippen MR) is 71.1 cm³/mol. The molecule has 4 heteroatoms. The maximum absolute atomic E-state index is 12.1. The van der Waals surface area contributed by atoms with Crippen LogP contribution >= 0.6 is 0 Å². The number of carbonyl (C=O) groups excluding carboxylic acids is 1. The first-order chi connectivity index (χ1) is 8.22. The summed E-state index contributed by atoms with van der Waals surface area (Å²) in [5.41, 5.74) is 0. The van der Waals surface area contributed by atoms with E-state index >= 15 is 0 Å². The summed E-state index contributed by atoms with van der Waals surface area (Å²) < 4.78 is 0. The van der Waals surface area contributed by atoms with Gasteiger partial charge in [0.2, 0.25) is 5.91 Å². The molecule has 0 radical (unpaired) electrons. The fourth-order valence-electron chi connectivity index (χ4n) is 2.49. The van der Waals surface area contributed by atoms with Crippen LogP contribution in [0.1, 0.15) is 33.6 Å². The molecule has 1 N–H and O–H groups in total. The fraction of sp³-hybridized carbons (Fsp3) is 0.923. The van der Waals surface area contributed by atoms with Crippen LogP contribution in [0.2, 0.25) is 0 Å². The van der Waals surface area contributed by atoms with E-state index in [1.165, 1.54) is 12.8 Å². The van der Waals surface area contributed by atoms with Gasteiger partial charge in [0, 0.05) is 25.7 Å². The summed E-state index contributed by atoms with van der Waals surface area (Å²) in [5, 5.41) is 3.41. The Morgan fingerprint density at radius 1 is 1.24 bits per heavy atom. The van der Waals surface area contributed by atoms with Crippen LogP contribution in [0, 0.1) is 0 Å². The van der Waals surface area contributed by atoms with Gasteiger partial charge in [-0.3, -0.25) is 9.69 Å². The van der Waals surface area contributed by atoms with E-state index in [-0.39, 0.29) is 5.91 Å². The molecule has 0 saturated carbocycles. The van der Waals surface area contributed by atoms with Gasteiger partial charge in [-0.1, -0.05) is 6.92 Å². The highest BCUT2D eigenvalue weighted by Crippen LogP contribution is 2.10. The molecular weight excluding hydrogens is 214 g/mol. The summed E-state index contributed by atoms with van der Waals surface area (Å²) in [6.45, 7) is 11.5. The Bertz CT molecular complexity index is 223. The molecule has 0 aliphatic carbocycles. The van der Waals surface area contributed by atoms with E-state index < -0.39 is 0 Å². The highest BCUT2D eigenvalue weighted by Gasteiger charge is 2.22. The molecular formula is C13H27N3O. The lowest BCUT2D eigenvalue weighted by Gasteiger charge is -2.34. The van der Waals surface area contributed by atoms with Crippen molar-refractivity contribution in [3.63, 3.8) is 0 Å². The van der Waals surface area contributed by atoms with Gasteiger partial charge in [-0.2, -0.15) is 0 Å². The van der Waals surface area contributed by atoms with Crippen LogP contribution in [0.4, 0.5) is 0 Å². The predicted octanol–water partition coefficient (Wildman–Crippen LogP) is 0.929. The summed E-state index contributed by atoms with van der Waals surface area (Å²) in [4.78, 5) is 16.3. The molecule has 0 spiro atoms. The van der Waals surface area contributed by atoms with Crippen molar-refractivity contribution in [1.82, 2.24) is 15.1 Å². The SMILES string of the molecule is CCN(CC)C(=O)CN(CC)C1CCCNC1. The third-order valence-electron chi connectivity index (χ3n) is 3.65. The molecule has 0 aromatic heterocycles. The Morgan fingerprint density at radius 2 is 1.94 bits per heavy atom. The zero-order valence-electron chi connectivity index (χ0n) is 11.5. The topological polar surface area (TPSA) is 35.6 Å². The lowest BCUT2D eigenvalue weighted by atomic mass is 10.1. The molecule has 17 heavy (non-hydrogen) atoms. The van der Waals surface area contributed by atoms with Crippen LogP contribution in [0.3, 0.4) is 0 Å². The lowest BCUT2D eigenvalue weighted by molar-refractivity contribution is -0.132. The van der Waals surface area contributed by atoms with Gasteiger partial charge in [0.25, 0.3) is 0 Å². The first-order valence-corrected chi connectivity index (χ1v) is 6.95. The van der Waals surface area contributed by atoms with Crippen molar-refractivity contribution < 1.29 is 4.79 Å².